The molecule has 18 heavy (non-hydrogen) atoms. The average molecular weight is 291 g/mol. The van der Waals surface area contributed by atoms with Gasteiger partial charge in [-0.2, -0.15) is 0 Å². The first kappa shape index (κ1) is 10.4. The van der Waals surface area contributed by atoms with Gasteiger partial charge in [0, 0.05) is 4.47 Å². The topological polar surface area (TPSA) is 0 Å². The van der Waals surface area contributed by atoms with E-state index in [-0.39, 0.29) is 0 Å². The van der Waals surface area contributed by atoms with E-state index in [4.69, 9.17) is 7.85 Å². The Bertz CT molecular complexity index is 820. The summed E-state index contributed by atoms with van der Waals surface area (Å²) in [5.41, 5.74) is 0.844. The van der Waals surface area contributed by atoms with E-state index in [0.717, 1.165) is 15.3 Å². The Morgan fingerprint density at radius 3 is 2.00 bits per heavy atom. The number of benzene rings is 4. The standard InChI is InChI=1S/C16H8BBr/c17-13-7-3-9-2-6-12-14(18)8-4-10-1-5-11(13)15(9)16(10)12/h1-8H. The molecule has 82 valence electrons. The largest absolute Gasteiger partial charge is 0.114 e. The zero-order valence-corrected chi connectivity index (χ0v) is 11.2. The van der Waals surface area contributed by atoms with Gasteiger partial charge in [0.15, 0.2) is 0 Å². The van der Waals surface area contributed by atoms with E-state index in [1.165, 1.54) is 26.9 Å². The minimum absolute atomic E-state index is 0.844. The van der Waals surface area contributed by atoms with Crippen LogP contribution >= 0.6 is 15.9 Å². The fourth-order valence-electron chi connectivity index (χ4n) is 2.79. The molecule has 4 aromatic carbocycles. The summed E-state index contributed by atoms with van der Waals surface area (Å²) in [5.74, 6) is 0. The Kier molecular flexibility index (Phi) is 2.01. The van der Waals surface area contributed by atoms with Crippen molar-refractivity contribution < 1.29 is 0 Å². The molecule has 0 amide bonds. The summed E-state index contributed by atoms with van der Waals surface area (Å²) in [6.45, 7) is 0. The van der Waals surface area contributed by atoms with E-state index < -0.39 is 0 Å². The molecule has 4 rings (SSSR count). The van der Waals surface area contributed by atoms with Gasteiger partial charge in [0.05, 0.1) is 0 Å². The van der Waals surface area contributed by atoms with Crippen LogP contribution in [-0.2, 0) is 0 Å². The van der Waals surface area contributed by atoms with Gasteiger partial charge in [0.1, 0.15) is 7.85 Å². The SMILES string of the molecule is [B]c1ccc2ccc3c(Br)ccc4ccc1c2c43. The molecule has 2 radical (unpaired) electrons. The number of hydrogen-bond acceptors (Lipinski definition) is 0. The van der Waals surface area contributed by atoms with Gasteiger partial charge in [-0.3, -0.25) is 0 Å². The molecule has 0 aromatic heterocycles. The lowest BCUT2D eigenvalue weighted by molar-refractivity contribution is 1.76. The highest BCUT2D eigenvalue weighted by molar-refractivity contribution is 9.10. The van der Waals surface area contributed by atoms with Crippen LogP contribution in [0.2, 0.25) is 0 Å². The Labute approximate surface area is 114 Å². The lowest BCUT2D eigenvalue weighted by Gasteiger charge is -2.13. The molecule has 0 atom stereocenters. The lowest BCUT2D eigenvalue weighted by atomic mass is 9.85. The fourth-order valence-corrected chi connectivity index (χ4v) is 3.25. The summed E-state index contributed by atoms with van der Waals surface area (Å²) in [7, 11) is 6.09. The summed E-state index contributed by atoms with van der Waals surface area (Å²) in [4.78, 5) is 0. The molecule has 0 N–H and O–H groups in total. The molecule has 4 aromatic rings. The van der Waals surface area contributed by atoms with Crippen molar-refractivity contribution in [1.29, 1.82) is 0 Å². The maximum atomic E-state index is 6.09. The smallest absolute Gasteiger partial charge is 0.0889 e. The van der Waals surface area contributed by atoms with Gasteiger partial charge in [-0.05, 0) is 38.4 Å². The van der Waals surface area contributed by atoms with Crippen LogP contribution in [0.15, 0.2) is 53.0 Å². The van der Waals surface area contributed by atoms with E-state index in [9.17, 15) is 0 Å². The molecule has 2 heteroatoms. The maximum absolute atomic E-state index is 6.09. The quantitative estimate of drug-likeness (QED) is 0.337. The molecule has 0 saturated carbocycles. The van der Waals surface area contributed by atoms with Crippen LogP contribution in [0.5, 0.6) is 0 Å². The van der Waals surface area contributed by atoms with Crippen LogP contribution in [0.3, 0.4) is 0 Å². The zero-order valence-electron chi connectivity index (χ0n) is 9.57. The minimum atomic E-state index is 0.844. The first-order valence-electron chi connectivity index (χ1n) is 5.87. The summed E-state index contributed by atoms with van der Waals surface area (Å²) < 4.78 is 1.13. The summed E-state index contributed by atoms with van der Waals surface area (Å²) in [6.07, 6.45) is 0. The van der Waals surface area contributed by atoms with Crippen LogP contribution in [0.25, 0.3) is 32.3 Å². The predicted molar refractivity (Wildman–Crippen MR) is 83.2 cm³/mol. The van der Waals surface area contributed by atoms with Crippen LogP contribution in [0.1, 0.15) is 0 Å². The van der Waals surface area contributed by atoms with Crippen LogP contribution in [-0.4, -0.2) is 7.85 Å². The molecular weight excluding hydrogens is 283 g/mol. The molecule has 0 saturated heterocycles. The summed E-state index contributed by atoms with van der Waals surface area (Å²) >= 11 is 3.63. The van der Waals surface area contributed by atoms with Gasteiger partial charge in [-0.15, -0.1) is 0 Å². The van der Waals surface area contributed by atoms with E-state index in [1.54, 1.807) is 0 Å². The number of rotatable bonds is 0. The van der Waals surface area contributed by atoms with Crippen molar-refractivity contribution in [1.82, 2.24) is 0 Å². The van der Waals surface area contributed by atoms with E-state index >= 15 is 0 Å². The first-order chi connectivity index (χ1) is 8.75. The minimum Gasteiger partial charge on any atom is -0.0889 e. The number of halogens is 1. The van der Waals surface area contributed by atoms with Crippen molar-refractivity contribution in [3.05, 3.63) is 53.0 Å². The Balaban J connectivity index is 2.47. The Morgan fingerprint density at radius 2 is 1.22 bits per heavy atom. The maximum Gasteiger partial charge on any atom is 0.114 e. The van der Waals surface area contributed by atoms with E-state index in [2.05, 4.69) is 58.4 Å². The van der Waals surface area contributed by atoms with Gasteiger partial charge in [-0.1, -0.05) is 63.9 Å². The average Bonchev–Trinajstić information content (AvgIpc) is 2.40. The number of hydrogen-bond donors (Lipinski definition) is 0. The van der Waals surface area contributed by atoms with Crippen molar-refractivity contribution in [2.24, 2.45) is 0 Å². The molecule has 0 aliphatic heterocycles. The second kappa shape index (κ2) is 3.49. The Morgan fingerprint density at radius 1 is 0.667 bits per heavy atom. The monoisotopic (exact) mass is 290 g/mol. The van der Waals surface area contributed by atoms with Crippen molar-refractivity contribution in [3.8, 4) is 0 Å². The molecule has 0 unspecified atom stereocenters. The van der Waals surface area contributed by atoms with Gasteiger partial charge in [0.25, 0.3) is 0 Å². The highest BCUT2D eigenvalue weighted by Gasteiger charge is 2.10. The molecule has 0 aliphatic rings. The van der Waals surface area contributed by atoms with E-state index in [1.807, 2.05) is 6.07 Å². The molecule has 0 aliphatic carbocycles. The molecule has 0 bridgehead atoms. The van der Waals surface area contributed by atoms with Gasteiger partial charge < -0.3 is 0 Å². The summed E-state index contributed by atoms with van der Waals surface area (Å²) in [6, 6.07) is 16.9. The zero-order chi connectivity index (χ0) is 12.3. The normalized spacial score (nSPS) is 11.8. The van der Waals surface area contributed by atoms with E-state index in [0.29, 0.717) is 0 Å². The first-order valence-corrected chi connectivity index (χ1v) is 6.66. The van der Waals surface area contributed by atoms with Crippen molar-refractivity contribution in [3.63, 3.8) is 0 Å². The molecule has 0 fully saturated rings. The third-order valence-corrected chi connectivity index (χ3v) is 4.34. The van der Waals surface area contributed by atoms with Crippen LogP contribution in [0, 0.1) is 0 Å². The Hall–Kier alpha value is -1.54. The lowest BCUT2D eigenvalue weighted by Crippen LogP contribution is -2.03. The molecular formula is C16H8BBr. The molecule has 0 spiro atoms. The third-order valence-electron chi connectivity index (χ3n) is 3.65. The van der Waals surface area contributed by atoms with Crippen molar-refractivity contribution >= 4 is 61.6 Å². The fraction of sp³-hybridized carbons (Fsp3) is 0. The van der Waals surface area contributed by atoms with Gasteiger partial charge >= 0.3 is 0 Å². The van der Waals surface area contributed by atoms with Gasteiger partial charge in [-0.25, -0.2) is 0 Å². The highest BCUT2D eigenvalue weighted by Crippen LogP contribution is 2.36. The summed E-state index contributed by atoms with van der Waals surface area (Å²) in [5, 5.41) is 7.46. The second-order valence-electron chi connectivity index (χ2n) is 4.62. The van der Waals surface area contributed by atoms with Crippen molar-refractivity contribution in [2.45, 2.75) is 0 Å². The molecule has 0 heterocycles. The predicted octanol–water partition coefficient (Wildman–Crippen LogP) is 4.14. The highest BCUT2D eigenvalue weighted by atomic mass is 79.9. The van der Waals surface area contributed by atoms with Crippen molar-refractivity contribution in [2.75, 3.05) is 0 Å². The van der Waals surface area contributed by atoms with Crippen LogP contribution in [0.4, 0.5) is 0 Å². The molecule has 0 nitrogen and oxygen atoms in total. The van der Waals surface area contributed by atoms with Gasteiger partial charge in [0.2, 0.25) is 0 Å². The van der Waals surface area contributed by atoms with Crippen LogP contribution < -0.4 is 5.46 Å². The third kappa shape index (κ3) is 1.21. The second-order valence-corrected chi connectivity index (χ2v) is 5.48.